The number of ether oxygens (including phenoxy) is 1. The van der Waals surface area contributed by atoms with E-state index in [4.69, 9.17) is 0 Å². The smallest absolute Gasteiger partial charge is 0.387 e. The average Bonchev–Trinajstić information content (AvgIpc) is 2.40. The van der Waals surface area contributed by atoms with E-state index in [9.17, 15) is 8.78 Å². The van der Waals surface area contributed by atoms with Gasteiger partial charge in [0.15, 0.2) is 0 Å². The third-order valence-electron chi connectivity index (χ3n) is 2.28. The highest BCUT2D eigenvalue weighted by Crippen LogP contribution is 2.25. The summed E-state index contributed by atoms with van der Waals surface area (Å²) in [6.07, 6.45) is 4.60. The molecule has 1 aromatic carbocycles. The van der Waals surface area contributed by atoms with Gasteiger partial charge in [0.05, 0.1) is 18.1 Å². The highest BCUT2D eigenvalue weighted by Gasteiger charge is 2.10. The van der Waals surface area contributed by atoms with Crippen LogP contribution in [0.3, 0.4) is 0 Å². The van der Waals surface area contributed by atoms with Crippen LogP contribution in [0.25, 0.3) is 0 Å². The van der Waals surface area contributed by atoms with Crippen LogP contribution in [0.4, 0.5) is 14.5 Å². The zero-order chi connectivity index (χ0) is 13.7. The zero-order valence-corrected chi connectivity index (χ0v) is 11.3. The summed E-state index contributed by atoms with van der Waals surface area (Å²) in [5, 5.41) is 3.03. The topological polar surface area (TPSA) is 47.0 Å². The maximum atomic E-state index is 12.3. The van der Waals surface area contributed by atoms with E-state index < -0.39 is 6.61 Å². The molecule has 0 saturated carbocycles. The first kappa shape index (κ1) is 13.7. The molecule has 1 aromatic heterocycles. The molecule has 0 unspecified atom stereocenters. The van der Waals surface area contributed by atoms with Crippen molar-refractivity contribution in [3.05, 3.63) is 47.0 Å². The van der Waals surface area contributed by atoms with Crippen LogP contribution >= 0.6 is 15.9 Å². The number of rotatable bonds is 5. The van der Waals surface area contributed by atoms with Gasteiger partial charge in [0.1, 0.15) is 12.1 Å². The van der Waals surface area contributed by atoms with Gasteiger partial charge in [-0.25, -0.2) is 9.97 Å². The lowest BCUT2D eigenvalue weighted by Crippen LogP contribution is -2.07. The predicted molar refractivity (Wildman–Crippen MR) is 70.1 cm³/mol. The minimum Gasteiger partial charge on any atom is -0.434 e. The molecule has 0 aliphatic rings. The van der Waals surface area contributed by atoms with E-state index in [1.54, 1.807) is 24.5 Å². The van der Waals surface area contributed by atoms with Crippen LogP contribution in [0.1, 0.15) is 5.56 Å². The predicted octanol–water partition coefficient (Wildman–Crippen LogP) is 3.45. The van der Waals surface area contributed by atoms with Gasteiger partial charge in [-0.15, -0.1) is 0 Å². The zero-order valence-electron chi connectivity index (χ0n) is 9.69. The second-order valence-corrected chi connectivity index (χ2v) is 4.53. The molecule has 19 heavy (non-hydrogen) atoms. The maximum Gasteiger partial charge on any atom is 0.387 e. The van der Waals surface area contributed by atoms with Crippen LogP contribution in [0, 0.1) is 0 Å². The van der Waals surface area contributed by atoms with Crippen molar-refractivity contribution >= 4 is 21.6 Å². The van der Waals surface area contributed by atoms with Crippen molar-refractivity contribution in [3.63, 3.8) is 0 Å². The van der Waals surface area contributed by atoms with E-state index in [1.807, 2.05) is 0 Å². The largest absolute Gasteiger partial charge is 0.434 e. The van der Waals surface area contributed by atoms with Crippen LogP contribution in [0.15, 0.2) is 41.4 Å². The van der Waals surface area contributed by atoms with E-state index >= 15 is 0 Å². The molecule has 0 aliphatic carbocycles. The second-order valence-electron chi connectivity index (χ2n) is 3.61. The van der Waals surface area contributed by atoms with E-state index in [0.29, 0.717) is 17.8 Å². The van der Waals surface area contributed by atoms with Crippen LogP contribution in [0.5, 0.6) is 5.75 Å². The highest BCUT2D eigenvalue weighted by atomic mass is 79.9. The summed E-state index contributed by atoms with van der Waals surface area (Å²) in [5.74, 6) is 0.141. The number of aromatic nitrogens is 2. The van der Waals surface area contributed by atoms with Crippen molar-refractivity contribution in [1.82, 2.24) is 9.97 Å². The van der Waals surface area contributed by atoms with Gasteiger partial charge >= 0.3 is 6.61 Å². The minimum atomic E-state index is -2.85. The first-order chi connectivity index (χ1) is 9.15. The number of hydrogen-bond donors (Lipinski definition) is 1. The molecule has 0 aliphatic heterocycles. The van der Waals surface area contributed by atoms with Gasteiger partial charge in [-0.1, -0.05) is 15.9 Å². The third-order valence-corrected chi connectivity index (χ3v) is 2.78. The van der Waals surface area contributed by atoms with Crippen LogP contribution in [-0.4, -0.2) is 16.6 Å². The Labute approximate surface area is 117 Å². The van der Waals surface area contributed by atoms with Crippen molar-refractivity contribution in [2.45, 2.75) is 13.2 Å². The van der Waals surface area contributed by atoms with Gasteiger partial charge in [0.25, 0.3) is 0 Å². The van der Waals surface area contributed by atoms with Gasteiger partial charge in [-0.2, -0.15) is 8.78 Å². The normalized spacial score (nSPS) is 10.5. The third kappa shape index (κ3) is 4.13. The Morgan fingerprint density at radius 3 is 2.68 bits per heavy atom. The van der Waals surface area contributed by atoms with Gasteiger partial charge in [-0.05, 0) is 18.2 Å². The fourth-order valence-corrected chi connectivity index (χ4v) is 1.89. The molecule has 0 atom stereocenters. The summed E-state index contributed by atoms with van der Waals surface area (Å²) < 4.78 is 29.8. The van der Waals surface area contributed by atoms with Crippen LogP contribution < -0.4 is 10.1 Å². The molecule has 2 aromatic rings. The van der Waals surface area contributed by atoms with Gasteiger partial charge in [-0.3, -0.25) is 0 Å². The summed E-state index contributed by atoms with van der Waals surface area (Å²) in [4.78, 5) is 7.70. The number of anilines is 1. The molecule has 0 radical (unpaired) electrons. The van der Waals surface area contributed by atoms with E-state index in [1.165, 1.54) is 12.4 Å². The molecular formula is C12H10BrF2N3O. The van der Waals surface area contributed by atoms with Crippen LogP contribution in [0.2, 0.25) is 0 Å². The number of nitrogens with one attached hydrogen (secondary N) is 1. The Hall–Kier alpha value is -1.76. The number of hydrogen-bond acceptors (Lipinski definition) is 4. The molecule has 0 saturated heterocycles. The van der Waals surface area contributed by atoms with Gasteiger partial charge < -0.3 is 10.1 Å². The molecule has 7 heteroatoms. The van der Waals surface area contributed by atoms with Crippen LogP contribution in [-0.2, 0) is 6.54 Å². The fraction of sp³-hybridized carbons (Fsp3) is 0.167. The quantitative estimate of drug-likeness (QED) is 0.912. The Kier molecular flexibility index (Phi) is 4.62. The van der Waals surface area contributed by atoms with Crippen molar-refractivity contribution in [3.8, 4) is 5.75 Å². The Morgan fingerprint density at radius 1 is 1.26 bits per heavy atom. The minimum absolute atomic E-state index is 0.141. The molecule has 2 rings (SSSR count). The Balaban J connectivity index is 2.12. The molecule has 1 N–H and O–H groups in total. The van der Waals surface area contributed by atoms with Gasteiger partial charge in [0.2, 0.25) is 0 Å². The summed E-state index contributed by atoms with van der Waals surface area (Å²) in [6, 6.07) is 4.86. The standard InChI is InChI=1S/C12H10BrF2N3O/c13-9-1-2-11(19-12(14)15)8(3-9)4-18-10-5-16-7-17-6-10/h1-3,5-7,12,18H,4H2. The summed E-state index contributed by atoms with van der Waals surface area (Å²) in [6.45, 7) is -2.52. The highest BCUT2D eigenvalue weighted by molar-refractivity contribution is 9.10. The fourth-order valence-electron chi connectivity index (χ4n) is 1.48. The lowest BCUT2D eigenvalue weighted by Gasteiger charge is -2.12. The molecule has 4 nitrogen and oxygen atoms in total. The maximum absolute atomic E-state index is 12.3. The summed E-state index contributed by atoms with van der Waals surface area (Å²) in [5.41, 5.74) is 1.31. The lowest BCUT2D eigenvalue weighted by molar-refractivity contribution is -0.0504. The summed E-state index contributed by atoms with van der Waals surface area (Å²) >= 11 is 3.29. The molecular weight excluding hydrogens is 320 g/mol. The summed E-state index contributed by atoms with van der Waals surface area (Å²) in [7, 11) is 0. The van der Waals surface area contributed by atoms with E-state index in [0.717, 1.165) is 4.47 Å². The molecule has 0 spiro atoms. The molecule has 0 amide bonds. The SMILES string of the molecule is FC(F)Oc1ccc(Br)cc1CNc1cncnc1. The Morgan fingerprint density at radius 2 is 2.00 bits per heavy atom. The van der Waals surface area contributed by atoms with Crippen molar-refractivity contribution in [2.75, 3.05) is 5.32 Å². The van der Waals surface area contributed by atoms with Crippen molar-refractivity contribution in [2.24, 2.45) is 0 Å². The number of benzene rings is 1. The number of alkyl halides is 2. The molecule has 1 heterocycles. The first-order valence-electron chi connectivity index (χ1n) is 5.37. The average molecular weight is 330 g/mol. The molecule has 0 fully saturated rings. The van der Waals surface area contributed by atoms with Gasteiger partial charge in [0, 0.05) is 16.6 Å². The van der Waals surface area contributed by atoms with Crippen molar-refractivity contribution in [1.29, 1.82) is 0 Å². The molecule has 0 bridgehead atoms. The monoisotopic (exact) mass is 329 g/mol. The number of halogens is 3. The Bertz CT molecular complexity index is 540. The molecule has 100 valence electrons. The first-order valence-corrected chi connectivity index (χ1v) is 6.16. The lowest BCUT2D eigenvalue weighted by atomic mass is 10.2. The van der Waals surface area contributed by atoms with Crippen molar-refractivity contribution < 1.29 is 13.5 Å². The van der Waals surface area contributed by atoms with E-state index in [2.05, 4.69) is 36.0 Å². The second kappa shape index (κ2) is 6.42. The number of nitrogens with zero attached hydrogens (tertiary/aromatic N) is 2. The van der Waals surface area contributed by atoms with E-state index in [-0.39, 0.29) is 5.75 Å².